The van der Waals surface area contributed by atoms with E-state index in [1.807, 2.05) is 6.92 Å². The highest BCUT2D eigenvalue weighted by Crippen LogP contribution is 2.25. The minimum atomic E-state index is -0.536. The Hall–Kier alpha value is -2.08. The zero-order chi connectivity index (χ0) is 14.0. The van der Waals surface area contributed by atoms with Crippen LogP contribution in [0.1, 0.15) is 12.5 Å². The predicted octanol–water partition coefficient (Wildman–Crippen LogP) is 2.28. The van der Waals surface area contributed by atoms with Gasteiger partial charge in [0.05, 0.1) is 11.5 Å². The molecule has 19 heavy (non-hydrogen) atoms. The van der Waals surface area contributed by atoms with E-state index in [9.17, 15) is 14.9 Å². The van der Waals surface area contributed by atoms with Crippen LogP contribution in [0.25, 0.3) is 0 Å². The van der Waals surface area contributed by atoms with Crippen molar-refractivity contribution >= 4 is 17.3 Å². The fraction of sp³-hybridized carbons (Fsp3) is 0.250. The normalized spacial score (nSPS) is 10.6. The maximum atomic E-state index is 11.9. The summed E-state index contributed by atoms with van der Waals surface area (Å²) in [7, 11) is 0. The van der Waals surface area contributed by atoms with Crippen LogP contribution in [0, 0.1) is 10.1 Å². The van der Waals surface area contributed by atoms with Crippen LogP contribution in [-0.4, -0.2) is 14.1 Å². The van der Waals surface area contributed by atoms with Crippen LogP contribution in [0.3, 0.4) is 0 Å². The van der Waals surface area contributed by atoms with Gasteiger partial charge in [-0.05, 0) is 18.6 Å². The zero-order valence-corrected chi connectivity index (χ0v) is 11.0. The summed E-state index contributed by atoms with van der Waals surface area (Å²) in [5, 5.41) is 10.9. The van der Waals surface area contributed by atoms with Crippen molar-refractivity contribution in [3.8, 4) is 0 Å². The third kappa shape index (κ3) is 2.68. The average molecular weight is 282 g/mol. The molecule has 2 rings (SSSR count). The average Bonchev–Trinajstić information content (AvgIpc) is 2.72. The molecule has 0 spiro atoms. The molecule has 0 aliphatic rings. The maximum absolute atomic E-state index is 11.9. The van der Waals surface area contributed by atoms with Gasteiger partial charge in [-0.15, -0.1) is 0 Å². The first-order valence-electron chi connectivity index (χ1n) is 5.71. The molecule has 6 nitrogen and oxygen atoms in total. The number of aromatic nitrogens is 2. The van der Waals surface area contributed by atoms with E-state index in [1.165, 1.54) is 16.7 Å². The Morgan fingerprint density at radius 2 is 2.00 bits per heavy atom. The molecular formula is C12H12ClN3O3. The number of halogens is 1. The van der Waals surface area contributed by atoms with E-state index >= 15 is 0 Å². The second kappa shape index (κ2) is 5.27. The van der Waals surface area contributed by atoms with Crippen LogP contribution < -0.4 is 5.69 Å². The molecule has 0 aliphatic carbocycles. The Morgan fingerprint density at radius 1 is 1.32 bits per heavy atom. The van der Waals surface area contributed by atoms with Crippen LogP contribution in [-0.2, 0) is 13.1 Å². The van der Waals surface area contributed by atoms with Gasteiger partial charge in [-0.2, -0.15) is 0 Å². The van der Waals surface area contributed by atoms with Gasteiger partial charge < -0.3 is 0 Å². The Morgan fingerprint density at radius 3 is 2.58 bits per heavy atom. The van der Waals surface area contributed by atoms with Crippen molar-refractivity contribution in [1.82, 2.24) is 9.13 Å². The SMILES string of the molecule is CCn1ccn(Cc2ccc(Cl)c([N+](=O)[O-])c2)c1=O. The highest BCUT2D eigenvalue weighted by molar-refractivity contribution is 6.32. The molecule has 0 N–H and O–H groups in total. The summed E-state index contributed by atoms with van der Waals surface area (Å²) in [6.07, 6.45) is 3.35. The standard InChI is InChI=1S/C12H12ClN3O3/c1-2-14-5-6-15(12(14)17)8-9-3-4-10(13)11(7-9)16(18)19/h3-7H,2,8H2,1H3. The lowest BCUT2D eigenvalue weighted by molar-refractivity contribution is -0.384. The van der Waals surface area contributed by atoms with Crippen LogP contribution in [0.5, 0.6) is 0 Å². The van der Waals surface area contributed by atoms with Crippen molar-refractivity contribution in [3.05, 3.63) is 61.8 Å². The van der Waals surface area contributed by atoms with E-state index in [1.54, 1.807) is 23.0 Å². The van der Waals surface area contributed by atoms with Gasteiger partial charge in [0.2, 0.25) is 0 Å². The van der Waals surface area contributed by atoms with Crippen molar-refractivity contribution in [2.24, 2.45) is 0 Å². The highest BCUT2D eigenvalue weighted by atomic mass is 35.5. The van der Waals surface area contributed by atoms with Crippen LogP contribution >= 0.6 is 11.6 Å². The molecule has 2 aromatic rings. The van der Waals surface area contributed by atoms with E-state index in [-0.39, 0.29) is 22.9 Å². The number of hydrogen-bond acceptors (Lipinski definition) is 3. The van der Waals surface area contributed by atoms with E-state index in [0.29, 0.717) is 12.1 Å². The van der Waals surface area contributed by atoms with Gasteiger partial charge in [0.15, 0.2) is 0 Å². The Balaban J connectivity index is 2.33. The van der Waals surface area contributed by atoms with Gasteiger partial charge in [0.25, 0.3) is 5.69 Å². The number of nitrogens with zero attached hydrogens (tertiary/aromatic N) is 3. The van der Waals surface area contributed by atoms with Crippen molar-refractivity contribution in [3.63, 3.8) is 0 Å². The largest absolute Gasteiger partial charge is 0.328 e. The van der Waals surface area contributed by atoms with Crippen molar-refractivity contribution in [1.29, 1.82) is 0 Å². The minimum absolute atomic E-state index is 0.0900. The van der Waals surface area contributed by atoms with Gasteiger partial charge in [-0.1, -0.05) is 17.7 Å². The van der Waals surface area contributed by atoms with Crippen molar-refractivity contribution in [2.45, 2.75) is 20.0 Å². The van der Waals surface area contributed by atoms with E-state index < -0.39 is 4.92 Å². The van der Waals surface area contributed by atoms with Gasteiger partial charge >= 0.3 is 5.69 Å². The summed E-state index contributed by atoms with van der Waals surface area (Å²) in [6, 6.07) is 4.53. The van der Waals surface area contributed by atoms with Crippen LogP contribution in [0.2, 0.25) is 5.02 Å². The fourth-order valence-corrected chi connectivity index (χ4v) is 1.99. The number of imidazole rings is 1. The molecule has 7 heteroatoms. The summed E-state index contributed by atoms with van der Waals surface area (Å²) in [5.74, 6) is 0. The Labute approximate surface area is 114 Å². The summed E-state index contributed by atoms with van der Waals surface area (Å²) in [4.78, 5) is 22.1. The van der Waals surface area contributed by atoms with Gasteiger partial charge in [0, 0.05) is 25.0 Å². The molecule has 0 aliphatic heterocycles. The van der Waals surface area contributed by atoms with Gasteiger partial charge in [-0.25, -0.2) is 4.79 Å². The first kappa shape index (κ1) is 13.4. The number of aryl methyl sites for hydroxylation is 1. The molecule has 0 saturated heterocycles. The smallest absolute Gasteiger partial charge is 0.300 e. The van der Waals surface area contributed by atoms with E-state index in [0.717, 1.165) is 0 Å². The highest BCUT2D eigenvalue weighted by Gasteiger charge is 2.13. The van der Waals surface area contributed by atoms with Crippen molar-refractivity contribution in [2.75, 3.05) is 0 Å². The lowest BCUT2D eigenvalue weighted by Crippen LogP contribution is -2.23. The number of rotatable bonds is 4. The molecule has 0 unspecified atom stereocenters. The summed E-state index contributed by atoms with van der Waals surface area (Å²) < 4.78 is 3.06. The molecule has 0 atom stereocenters. The molecular weight excluding hydrogens is 270 g/mol. The molecule has 1 aromatic heterocycles. The molecule has 1 heterocycles. The Kier molecular flexibility index (Phi) is 3.71. The van der Waals surface area contributed by atoms with Crippen LogP contribution in [0.4, 0.5) is 5.69 Å². The minimum Gasteiger partial charge on any atom is -0.300 e. The van der Waals surface area contributed by atoms with Crippen molar-refractivity contribution < 1.29 is 4.92 Å². The summed E-state index contributed by atoms with van der Waals surface area (Å²) in [5.41, 5.74) is 0.370. The fourth-order valence-electron chi connectivity index (χ4n) is 1.81. The molecule has 0 bridgehead atoms. The molecule has 100 valence electrons. The molecule has 0 amide bonds. The number of nitro benzene ring substituents is 1. The second-order valence-electron chi connectivity index (χ2n) is 4.04. The monoisotopic (exact) mass is 281 g/mol. The molecule has 0 fully saturated rings. The first-order chi connectivity index (χ1) is 9.02. The predicted molar refractivity (Wildman–Crippen MR) is 71.6 cm³/mol. The lowest BCUT2D eigenvalue weighted by Gasteiger charge is -2.03. The number of nitro groups is 1. The number of hydrogen-bond donors (Lipinski definition) is 0. The lowest BCUT2D eigenvalue weighted by atomic mass is 10.2. The van der Waals surface area contributed by atoms with Crippen LogP contribution in [0.15, 0.2) is 35.4 Å². The molecule has 1 aromatic carbocycles. The first-order valence-corrected chi connectivity index (χ1v) is 6.09. The maximum Gasteiger partial charge on any atom is 0.328 e. The van der Waals surface area contributed by atoms with Gasteiger partial charge in [0.1, 0.15) is 5.02 Å². The van der Waals surface area contributed by atoms with E-state index in [2.05, 4.69) is 0 Å². The third-order valence-corrected chi connectivity index (χ3v) is 3.14. The van der Waals surface area contributed by atoms with Gasteiger partial charge in [-0.3, -0.25) is 19.2 Å². The molecule has 0 saturated carbocycles. The number of benzene rings is 1. The Bertz CT molecular complexity index is 675. The quantitative estimate of drug-likeness (QED) is 0.638. The summed E-state index contributed by atoms with van der Waals surface area (Å²) in [6.45, 7) is 2.75. The third-order valence-electron chi connectivity index (χ3n) is 2.82. The molecule has 0 radical (unpaired) electrons. The topological polar surface area (TPSA) is 70.1 Å². The van der Waals surface area contributed by atoms with E-state index in [4.69, 9.17) is 11.6 Å². The second-order valence-corrected chi connectivity index (χ2v) is 4.44. The zero-order valence-electron chi connectivity index (χ0n) is 10.2. The summed E-state index contributed by atoms with van der Waals surface area (Å²) >= 11 is 5.74.